The summed E-state index contributed by atoms with van der Waals surface area (Å²) in [7, 11) is 1.53. The molecule has 0 bridgehead atoms. The molecule has 10 nitrogen and oxygen atoms in total. The summed E-state index contributed by atoms with van der Waals surface area (Å²) in [5.41, 5.74) is -0.337. The number of hydrogen-bond donors (Lipinski definition) is 1. The number of methoxy groups -OCH3 is 1. The highest BCUT2D eigenvalue weighted by Crippen LogP contribution is 2.38. The maximum Gasteiger partial charge on any atom is 0.435 e. The van der Waals surface area contributed by atoms with Gasteiger partial charge in [-0.1, -0.05) is 30.3 Å². The summed E-state index contributed by atoms with van der Waals surface area (Å²) in [5.74, 6) is -1.01. The Morgan fingerprint density at radius 1 is 1.07 bits per heavy atom. The van der Waals surface area contributed by atoms with Crippen molar-refractivity contribution in [1.82, 2.24) is 20.0 Å². The zero-order valence-electron chi connectivity index (χ0n) is 25.6. The molecule has 0 aliphatic carbocycles. The first-order chi connectivity index (χ1) is 21.7. The molecule has 4 aromatic rings. The van der Waals surface area contributed by atoms with Crippen LogP contribution in [0.25, 0.3) is 16.8 Å². The summed E-state index contributed by atoms with van der Waals surface area (Å²) < 4.78 is 73.6. The molecule has 46 heavy (non-hydrogen) atoms. The zero-order valence-corrected chi connectivity index (χ0v) is 26.4. The number of nitrogens with one attached hydrogen (secondary N) is 1. The van der Waals surface area contributed by atoms with Crippen LogP contribution in [0.3, 0.4) is 0 Å². The fourth-order valence-electron chi connectivity index (χ4n) is 5.35. The molecule has 1 N–H and O–H groups in total. The predicted octanol–water partition coefficient (Wildman–Crippen LogP) is 4.46. The van der Waals surface area contributed by atoms with Crippen molar-refractivity contribution in [3.05, 3.63) is 89.2 Å². The van der Waals surface area contributed by atoms with Gasteiger partial charge in [0.05, 0.1) is 23.3 Å². The van der Waals surface area contributed by atoms with Crippen molar-refractivity contribution < 1.29 is 35.9 Å². The molecule has 14 heteroatoms. The van der Waals surface area contributed by atoms with Crippen molar-refractivity contribution in [2.75, 3.05) is 52.0 Å². The van der Waals surface area contributed by atoms with Crippen LogP contribution in [0.2, 0.25) is 0 Å². The monoisotopic (exact) mass is 655 g/mol. The number of sulfone groups is 1. The maximum absolute atomic E-state index is 14.2. The summed E-state index contributed by atoms with van der Waals surface area (Å²) in [4.78, 5) is 30.7. The van der Waals surface area contributed by atoms with Crippen LogP contribution >= 0.6 is 0 Å². The van der Waals surface area contributed by atoms with Crippen LogP contribution in [-0.4, -0.2) is 82.0 Å². The van der Waals surface area contributed by atoms with Gasteiger partial charge in [-0.3, -0.25) is 9.59 Å². The molecule has 0 saturated heterocycles. The van der Waals surface area contributed by atoms with Gasteiger partial charge in [0.15, 0.2) is 15.5 Å². The lowest BCUT2D eigenvalue weighted by Gasteiger charge is -2.28. The molecule has 1 aromatic heterocycles. The van der Waals surface area contributed by atoms with Crippen LogP contribution in [-0.2, 0) is 22.4 Å². The molecule has 0 atom stereocenters. The van der Waals surface area contributed by atoms with Crippen LogP contribution in [0.5, 0.6) is 5.75 Å². The van der Waals surface area contributed by atoms with Crippen LogP contribution in [0.15, 0.2) is 71.6 Å². The van der Waals surface area contributed by atoms with E-state index in [0.717, 1.165) is 10.9 Å². The highest BCUT2D eigenvalue weighted by molar-refractivity contribution is 7.90. The van der Waals surface area contributed by atoms with E-state index in [1.807, 2.05) is 19.0 Å². The lowest BCUT2D eigenvalue weighted by Crippen LogP contribution is -2.39. The minimum absolute atomic E-state index is 0.0159. The van der Waals surface area contributed by atoms with Gasteiger partial charge in [-0.2, -0.15) is 18.3 Å². The number of carbonyl (C=O) groups is 2. The number of alkyl halides is 3. The molecule has 0 unspecified atom stereocenters. The number of fused-ring (bicyclic) bond motifs is 1. The molecule has 2 heterocycles. The van der Waals surface area contributed by atoms with E-state index < -0.39 is 33.5 Å². The Hall–Kier alpha value is -4.69. The summed E-state index contributed by atoms with van der Waals surface area (Å²) in [6, 6.07) is 17.3. The number of anilines is 1. The highest BCUT2D eigenvalue weighted by Gasteiger charge is 2.43. The number of aromatic nitrogens is 2. The minimum Gasteiger partial charge on any atom is -0.497 e. The van der Waals surface area contributed by atoms with Gasteiger partial charge in [0.1, 0.15) is 11.4 Å². The Morgan fingerprint density at radius 3 is 2.39 bits per heavy atom. The quantitative estimate of drug-likeness (QED) is 0.283. The molecule has 242 valence electrons. The highest BCUT2D eigenvalue weighted by atomic mass is 32.2. The topological polar surface area (TPSA) is 114 Å². The fraction of sp³-hybridized carbons (Fsp3) is 0.281. The second-order valence-electron chi connectivity index (χ2n) is 11.0. The lowest BCUT2D eigenvalue weighted by molar-refractivity contribution is -0.141. The van der Waals surface area contributed by atoms with Gasteiger partial charge in [0.25, 0.3) is 11.8 Å². The van der Waals surface area contributed by atoms with E-state index in [1.54, 1.807) is 42.5 Å². The predicted molar refractivity (Wildman–Crippen MR) is 166 cm³/mol. The first-order valence-corrected chi connectivity index (χ1v) is 16.1. The van der Waals surface area contributed by atoms with Gasteiger partial charge in [-0.15, -0.1) is 0 Å². The number of ether oxygens (including phenoxy) is 1. The molecular formula is C32H32F3N5O5S. The fourth-order valence-corrected chi connectivity index (χ4v) is 6.27. The number of rotatable bonds is 9. The summed E-state index contributed by atoms with van der Waals surface area (Å²) in [6.07, 6.45) is -3.88. The van der Waals surface area contributed by atoms with Gasteiger partial charge >= 0.3 is 6.18 Å². The minimum atomic E-state index is -4.85. The average Bonchev–Trinajstić information content (AvgIpc) is 3.42. The van der Waals surface area contributed by atoms with E-state index in [1.165, 1.54) is 36.3 Å². The van der Waals surface area contributed by atoms with Crippen molar-refractivity contribution in [2.24, 2.45) is 0 Å². The smallest absolute Gasteiger partial charge is 0.435 e. The van der Waals surface area contributed by atoms with Gasteiger partial charge in [-0.05, 0) is 62.5 Å². The third-order valence-electron chi connectivity index (χ3n) is 7.58. The molecular weight excluding hydrogens is 623 g/mol. The Bertz CT molecular complexity index is 1900. The Morgan fingerprint density at radius 2 is 1.76 bits per heavy atom. The number of likely N-dealkylation sites (N-methyl/N-ethyl adjacent to an activating group) is 1. The molecule has 3 aromatic carbocycles. The van der Waals surface area contributed by atoms with E-state index in [4.69, 9.17) is 4.74 Å². The largest absolute Gasteiger partial charge is 0.497 e. The van der Waals surface area contributed by atoms with E-state index in [-0.39, 0.29) is 46.9 Å². The molecule has 0 radical (unpaired) electrons. The Labute approximate surface area is 264 Å². The average molecular weight is 656 g/mol. The number of nitrogens with zero attached hydrogens (tertiary/aromatic N) is 4. The Kier molecular flexibility index (Phi) is 8.96. The first-order valence-electron chi connectivity index (χ1n) is 14.2. The van der Waals surface area contributed by atoms with Crippen LogP contribution in [0, 0.1) is 0 Å². The van der Waals surface area contributed by atoms with Crippen molar-refractivity contribution in [1.29, 1.82) is 0 Å². The van der Waals surface area contributed by atoms with Crippen molar-refractivity contribution >= 4 is 27.3 Å². The van der Waals surface area contributed by atoms with E-state index in [0.29, 0.717) is 29.1 Å². The third-order valence-corrected chi connectivity index (χ3v) is 8.74. The summed E-state index contributed by atoms with van der Waals surface area (Å²) in [5, 5.41) is 6.62. The number of benzene rings is 3. The zero-order chi connectivity index (χ0) is 33.4. The molecule has 5 rings (SSSR count). The summed E-state index contributed by atoms with van der Waals surface area (Å²) >= 11 is 0. The lowest BCUT2D eigenvalue weighted by atomic mass is 10.0. The Balaban J connectivity index is 1.57. The molecule has 0 fully saturated rings. The molecule has 0 spiro atoms. The molecule has 0 saturated carbocycles. The van der Waals surface area contributed by atoms with E-state index >= 15 is 0 Å². The van der Waals surface area contributed by atoms with Gasteiger partial charge in [-0.25, -0.2) is 13.1 Å². The van der Waals surface area contributed by atoms with Crippen molar-refractivity contribution in [3.8, 4) is 22.6 Å². The number of halogens is 3. The first kappa shape index (κ1) is 32.7. The van der Waals surface area contributed by atoms with E-state index in [2.05, 4.69) is 10.4 Å². The molecule has 1 aliphatic rings. The van der Waals surface area contributed by atoms with E-state index in [9.17, 15) is 31.2 Å². The number of hydrogen-bond acceptors (Lipinski definition) is 7. The number of amides is 2. The third kappa shape index (κ3) is 6.49. The normalized spacial score (nSPS) is 13.6. The standard InChI is InChI=1S/C32H32F3N5O5S/c1-38(2)18-16-36-30(41)25-19-22(45-3)13-14-26(25)40-28-24(29(37-40)32(33,34)35)15-17-39(31(28)42)21-11-9-20(10-12-21)23-7-5-6-8-27(23)46(4,43)44/h5-14,19H,15-18H2,1-4H3,(H,36,41). The molecule has 1 aliphatic heterocycles. The number of carbonyl (C=O) groups excluding carboxylic acids is 2. The van der Waals surface area contributed by atoms with Gasteiger partial charge in [0.2, 0.25) is 0 Å². The molecule has 2 amide bonds. The second kappa shape index (κ2) is 12.6. The van der Waals surface area contributed by atoms with Crippen LogP contribution < -0.4 is 15.0 Å². The maximum atomic E-state index is 14.2. The second-order valence-corrected chi connectivity index (χ2v) is 13.0. The van der Waals surface area contributed by atoms with Crippen molar-refractivity contribution in [3.63, 3.8) is 0 Å². The summed E-state index contributed by atoms with van der Waals surface area (Å²) in [6.45, 7) is 0.734. The van der Waals surface area contributed by atoms with Gasteiger partial charge < -0.3 is 19.9 Å². The van der Waals surface area contributed by atoms with Gasteiger partial charge in [0, 0.05) is 42.7 Å². The van der Waals surface area contributed by atoms with Crippen LogP contribution in [0.4, 0.5) is 18.9 Å². The SMILES string of the molecule is COc1ccc(-n2nc(C(F)(F)F)c3c2C(=O)N(c2ccc(-c4ccccc4S(C)(=O)=O)cc2)CC3)c(C(=O)NCCN(C)C)c1. The van der Waals surface area contributed by atoms with Crippen molar-refractivity contribution in [2.45, 2.75) is 17.5 Å². The van der Waals surface area contributed by atoms with Crippen LogP contribution in [0.1, 0.15) is 32.1 Å².